The lowest BCUT2D eigenvalue weighted by Gasteiger charge is -2.08. The minimum Gasteiger partial charge on any atom is -0.508 e. The van der Waals surface area contributed by atoms with Crippen molar-refractivity contribution >= 4 is 16.9 Å². The molecule has 0 radical (unpaired) electrons. The zero-order chi connectivity index (χ0) is 16.1. The third kappa shape index (κ3) is 3.08. The van der Waals surface area contributed by atoms with E-state index in [9.17, 15) is 9.90 Å². The van der Waals surface area contributed by atoms with Crippen LogP contribution in [0.1, 0.15) is 29.4 Å². The van der Waals surface area contributed by atoms with Crippen molar-refractivity contribution in [3.8, 4) is 5.75 Å². The van der Waals surface area contributed by atoms with E-state index in [0.29, 0.717) is 30.7 Å². The van der Waals surface area contributed by atoms with Crippen molar-refractivity contribution in [3.63, 3.8) is 0 Å². The maximum atomic E-state index is 12.2. The fourth-order valence-electron chi connectivity index (χ4n) is 2.61. The first-order valence-corrected chi connectivity index (χ1v) is 7.31. The Morgan fingerprint density at radius 3 is 2.91 bits per heavy atom. The van der Waals surface area contributed by atoms with E-state index in [2.05, 4.69) is 6.58 Å². The van der Waals surface area contributed by atoms with Crippen molar-refractivity contribution in [2.45, 2.75) is 26.8 Å². The van der Waals surface area contributed by atoms with E-state index >= 15 is 0 Å². The number of hydrogen-bond acceptors (Lipinski definition) is 4. The highest BCUT2D eigenvalue weighted by Gasteiger charge is 2.21. The third-order valence-electron chi connectivity index (χ3n) is 3.55. The fourth-order valence-corrected chi connectivity index (χ4v) is 2.61. The molecular weight excluding hydrogens is 282 g/mol. The van der Waals surface area contributed by atoms with Gasteiger partial charge in [-0.1, -0.05) is 6.58 Å². The van der Waals surface area contributed by atoms with Crippen LogP contribution in [0, 0.1) is 6.92 Å². The number of ether oxygens (including phenoxy) is 2. The number of esters is 1. The summed E-state index contributed by atoms with van der Waals surface area (Å²) < 4.78 is 12.3. The smallest absolute Gasteiger partial charge is 0.340 e. The number of carbonyl (C=O) groups is 1. The highest BCUT2D eigenvalue weighted by molar-refractivity contribution is 6.06. The molecule has 0 saturated carbocycles. The lowest BCUT2D eigenvalue weighted by atomic mass is 10.1. The molecule has 2 aromatic rings. The van der Waals surface area contributed by atoms with Gasteiger partial charge in [-0.2, -0.15) is 0 Å². The van der Waals surface area contributed by atoms with Crippen LogP contribution in [0.15, 0.2) is 31.0 Å². The van der Waals surface area contributed by atoms with Crippen molar-refractivity contribution in [2.24, 2.45) is 0 Å². The highest BCUT2D eigenvalue weighted by atomic mass is 16.5. The maximum Gasteiger partial charge on any atom is 0.340 e. The molecule has 0 aliphatic carbocycles. The second-order valence-corrected chi connectivity index (χ2v) is 4.92. The number of carbonyl (C=O) groups excluding carboxylic acids is 1. The van der Waals surface area contributed by atoms with E-state index in [0.717, 1.165) is 17.6 Å². The molecule has 5 heteroatoms. The summed E-state index contributed by atoms with van der Waals surface area (Å²) in [6.07, 6.45) is 2.21. The topological polar surface area (TPSA) is 60.7 Å². The van der Waals surface area contributed by atoms with Crippen molar-refractivity contribution in [3.05, 3.63) is 42.3 Å². The van der Waals surface area contributed by atoms with E-state index in [1.54, 1.807) is 19.1 Å². The number of aromatic hydroxyl groups is 1. The summed E-state index contributed by atoms with van der Waals surface area (Å²) in [5.74, 6) is -0.234. The molecule has 0 unspecified atom stereocenters. The summed E-state index contributed by atoms with van der Waals surface area (Å²) in [4.78, 5) is 12.2. The first kappa shape index (κ1) is 15.9. The third-order valence-corrected chi connectivity index (χ3v) is 3.55. The Kier molecular flexibility index (Phi) is 5.09. The Hall–Kier alpha value is -2.43. The molecule has 22 heavy (non-hydrogen) atoms. The molecular formula is C17H21NO4. The van der Waals surface area contributed by atoms with Crippen LogP contribution < -0.4 is 0 Å². The number of phenolic OH excluding ortho intramolecular Hbond substituents is 1. The molecule has 0 aliphatic rings. The van der Waals surface area contributed by atoms with Crippen LogP contribution in [0.25, 0.3) is 10.9 Å². The highest BCUT2D eigenvalue weighted by Crippen LogP contribution is 2.29. The van der Waals surface area contributed by atoms with Gasteiger partial charge in [0.1, 0.15) is 5.75 Å². The van der Waals surface area contributed by atoms with E-state index in [1.807, 2.05) is 17.6 Å². The lowest BCUT2D eigenvalue weighted by molar-refractivity contribution is 0.0527. The van der Waals surface area contributed by atoms with E-state index in [-0.39, 0.29) is 11.7 Å². The number of fused-ring (bicyclic) bond motifs is 1. The summed E-state index contributed by atoms with van der Waals surface area (Å²) >= 11 is 0. The minimum absolute atomic E-state index is 0.130. The van der Waals surface area contributed by atoms with Crippen LogP contribution >= 0.6 is 0 Å². The SMILES string of the molecule is C=COCCCn1c(C)c(C(=O)OCC)c2cc(O)ccc21. The van der Waals surface area contributed by atoms with Gasteiger partial charge in [-0.15, -0.1) is 0 Å². The number of rotatable bonds is 7. The van der Waals surface area contributed by atoms with Gasteiger partial charge in [-0.25, -0.2) is 4.79 Å². The van der Waals surface area contributed by atoms with Gasteiger partial charge in [-0.05, 0) is 38.5 Å². The van der Waals surface area contributed by atoms with Gasteiger partial charge >= 0.3 is 5.97 Å². The standard InChI is InChI=1S/C17H21NO4/c1-4-21-10-6-9-18-12(3)16(17(20)22-5-2)14-11-13(19)7-8-15(14)18/h4,7-8,11,19H,1,5-6,9-10H2,2-3H3. The van der Waals surface area contributed by atoms with Crippen LogP contribution in [-0.2, 0) is 16.0 Å². The number of aryl methyl sites for hydroxylation is 1. The van der Waals surface area contributed by atoms with Crippen LogP contribution in [0.4, 0.5) is 0 Å². The Bertz CT molecular complexity index is 688. The van der Waals surface area contributed by atoms with Gasteiger partial charge in [0.25, 0.3) is 0 Å². The Balaban J connectivity index is 2.45. The lowest BCUT2D eigenvalue weighted by Crippen LogP contribution is -2.08. The monoisotopic (exact) mass is 303 g/mol. The number of nitrogens with zero attached hydrogens (tertiary/aromatic N) is 1. The number of hydrogen-bond donors (Lipinski definition) is 1. The molecule has 118 valence electrons. The van der Waals surface area contributed by atoms with Crippen molar-refractivity contribution in [2.75, 3.05) is 13.2 Å². The molecule has 0 aliphatic heterocycles. The van der Waals surface area contributed by atoms with Crippen molar-refractivity contribution in [1.82, 2.24) is 4.57 Å². The van der Waals surface area contributed by atoms with Gasteiger partial charge in [0.05, 0.1) is 25.0 Å². The normalized spacial score (nSPS) is 10.6. The second kappa shape index (κ2) is 7.02. The first-order valence-electron chi connectivity index (χ1n) is 7.31. The molecule has 0 bridgehead atoms. The average Bonchev–Trinajstić information content (AvgIpc) is 2.75. The van der Waals surface area contributed by atoms with Crippen LogP contribution in [0.3, 0.4) is 0 Å². The van der Waals surface area contributed by atoms with Crippen LogP contribution in [0.5, 0.6) is 5.75 Å². The molecule has 0 saturated heterocycles. The molecule has 1 aromatic carbocycles. The average molecular weight is 303 g/mol. The largest absolute Gasteiger partial charge is 0.508 e. The Labute approximate surface area is 129 Å². The number of phenols is 1. The van der Waals surface area contributed by atoms with Crippen molar-refractivity contribution < 1.29 is 19.4 Å². The maximum absolute atomic E-state index is 12.2. The summed E-state index contributed by atoms with van der Waals surface area (Å²) in [7, 11) is 0. The van der Waals surface area contributed by atoms with Gasteiger partial charge in [-0.3, -0.25) is 0 Å². The zero-order valence-corrected chi connectivity index (χ0v) is 13.0. The summed E-state index contributed by atoms with van der Waals surface area (Å²) in [5.41, 5.74) is 2.24. The Morgan fingerprint density at radius 2 is 2.23 bits per heavy atom. The van der Waals surface area contributed by atoms with E-state index in [4.69, 9.17) is 9.47 Å². The first-order chi connectivity index (χ1) is 10.6. The minimum atomic E-state index is -0.364. The molecule has 1 aromatic heterocycles. The predicted octanol–water partition coefficient (Wildman–Crippen LogP) is 3.38. The van der Waals surface area contributed by atoms with Gasteiger partial charge in [0.2, 0.25) is 0 Å². The quantitative estimate of drug-likeness (QED) is 0.484. The summed E-state index contributed by atoms with van der Waals surface area (Å²) in [5, 5.41) is 10.4. The molecule has 2 rings (SSSR count). The Morgan fingerprint density at radius 1 is 1.45 bits per heavy atom. The van der Waals surface area contributed by atoms with Gasteiger partial charge < -0.3 is 19.1 Å². The van der Waals surface area contributed by atoms with E-state index < -0.39 is 0 Å². The van der Waals surface area contributed by atoms with Crippen LogP contribution in [0.2, 0.25) is 0 Å². The van der Waals surface area contributed by atoms with Crippen LogP contribution in [-0.4, -0.2) is 28.9 Å². The predicted molar refractivity (Wildman–Crippen MR) is 85.1 cm³/mol. The summed E-state index contributed by atoms with van der Waals surface area (Å²) in [6, 6.07) is 5.04. The zero-order valence-electron chi connectivity index (χ0n) is 13.0. The molecule has 1 N–H and O–H groups in total. The number of benzene rings is 1. The molecule has 0 spiro atoms. The molecule has 1 heterocycles. The molecule has 5 nitrogen and oxygen atoms in total. The fraction of sp³-hybridized carbons (Fsp3) is 0.353. The van der Waals surface area contributed by atoms with Gasteiger partial charge in [0, 0.05) is 23.1 Å². The number of aromatic nitrogens is 1. The summed E-state index contributed by atoms with van der Waals surface area (Å²) in [6.45, 7) is 8.76. The van der Waals surface area contributed by atoms with Crippen molar-refractivity contribution in [1.29, 1.82) is 0 Å². The molecule has 0 fully saturated rings. The van der Waals surface area contributed by atoms with E-state index in [1.165, 1.54) is 6.26 Å². The molecule has 0 atom stereocenters. The molecule has 0 amide bonds. The second-order valence-electron chi connectivity index (χ2n) is 4.92. The van der Waals surface area contributed by atoms with Gasteiger partial charge in [0.15, 0.2) is 0 Å².